The smallest absolute Gasteiger partial charge is 0.227 e. The predicted molar refractivity (Wildman–Crippen MR) is 92.8 cm³/mol. The van der Waals surface area contributed by atoms with Crippen LogP contribution in [-0.4, -0.2) is 29.9 Å². The molecule has 2 fully saturated rings. The number of hydrogen-bond donors (Lipinski definition) is 0. The lowest BCUT2D eigenvalue weighted by Gasteiger charge is -2.22. The summed E-state index contributed by atoms with van der Waals surface area (Å²) in [5, 5.41) is 0. The number of nitrogens with zero attached hydrogens (tertiary/aromatic N) is 3. The van der Waals surface area contributed by atoms with E-state index < -0.39 is 0 Å². The number of carbonyl (C=O) groups excluding carboxylic acids is 2. The van der Waals surface area contributed by atoms with Gasteiger partial charge in [-0.3, -0.25) is 14.6 Å². The van der Waals surface area contributed by atoms with Gasteiger partial charge in [0.1, 0.15) is 0 Å². The molecule has 24 heavy (non-hydrogen) atoms. The van der Waals surface area contributed by atoms with E-state index in [0.717, 1.165) is 48.4 Å². The van der Waals surface area contributed by atoms with Gasteiger partial charge in [0, 0.05) is 55.3 Å². The van der Waals surface area contributed by atoms with E-state index in [1.165, 1.54) is 0 Å². The Balaban J connectivity index is 1.81. The van der Waals surface area contributed by atoms with E-state index in [-0.39, 0.29) is 11.8 Å². The van der Waals surface area contributed by atoms with Crippen LogP contribution in [0.15, 0.2) is 42.7 Å². The minimum absolute atomic E-state index is 0.150. The number of pyridine rings is 1. The molecule has 122 valence electrons. The summed E-state index contributed by atoms with van der Waals surface area (Å²) in [6, 6.07) is 9.89. The van der Waals surface area contributed by atoms with Crippen LogP contribution in [0.2, 0.25) is 0 Å². The molecular formula is C19H19N3O2. The number of rotatable bonds is 3. The Kier molecular flexibility index (Phi) is 3.76. The fourth-order valence-electron chi connectivity index (χ4n) is 3.45. The fraction of sp³-hybridized carbons (Fsp3) is 0.316. The van der Waals surface area contributed by atoms with Crippen LogP contribution < -0.4 is 9.80 Å². The molecule has 0 atom stereocenters. The van der Waals surface area contributed by atoms with Gasteiger partial charge in [0.2, 0.25) is 11.8 Å². The summed E-state index contributed by atoms with van der Waals surface area (Å²) < 4.78 is 0. The highest BCUT2D eigenvalue weighted by Gasteiger charge is 2.26. The maximum Gasteiger partial charge on any atom is 0.227 e. The van der Waals surface area contributed by atoms with Gasteiger partial charge in [-0.25, -0.2) is 0 Å². The van der Waals surface area contributed by atoms with E-state index in [9.17, 15) is 9.59 Å². The molecule has 0 unspecified atom stereocenters. The van der Waals surface area contributed by atoms with E-state index >= 15 is 0 Å². The van der Waals surface area contributed by atoms with Crippen molar-refractivity contribution in [2.75, 3.05) is 22.9 Å². The van der Waals surface area contributed by atoms with Crippen LogP contribution in [0, 0.1) is 0 Å². The molecule has 0 bridgehead atoms. The minimum Gasteiger partial charge on any atom is -0.312 e. The molecule has 3 heterocycles. The zero-order chi connectivity index (χ0) is 16.5. The van der Waals surface area contributed by atoms with Crippen molar-refractivity contribution < 1.29 is 9.59 Å². The quantitative estimate of drug-likeness (QED) is 0.873. The molecule has 0 aliphatic carbocycles. The maximum absolute atomic E-state index is 12.2. The number of aromatic nitrogens is 1. The minimum atomic E-state index is 0.150. The average molecular weight is 321 g/mol. The van der Waals surface area contributed by atoms with Gasteiger partial charge >= 0.3 is 0 Å². The zero-order valence-corrected chi connectivity index (χ0v) is 13.4. The molecular weight excluding hydrogens is 302 g/mol. The second-order valence-electron chi connectivity index (χ2n) is 6.28. The largest absolute Gasteiger partial charge is 0.312 e. The molecule has 2 amide bonds. The molecule has 4 rings (SSSR count). The van der Waals surface area contributed by atoms with Crippen LogP contribution in [-0.2, 0) is 9.59 Å². The van der Waals surface area contributed by atoms with Crippen molar-refractivity contribution in [3.63, 3.8) is 0 Å². The van der Waals surface area contributed by atoms with Crippen LogP contribution in [0.1, 0.15) is 25.7 Å². The summed E-state index contributed by atoms with van der Waals surface area (Å²) in [5.41, 5.74) is 3.70. The van der Waals surface area contributed by atoms with E-state index in [4.69, 9.17) is 0 Å². The molecule has 2 aliphatic rings. The first-order chi connectivity index (χ1) is 11.7. The highest BCUT2D eigenvalue weighted by molar-refractivity contribution is 5.99. The Bertz CT molecular complexity index is 744. The molecule has 0 spiro atoms. The highest BCUT2D eigenvalue weighted by atomic mass is 16.2. The van der Waals surface area contributed by atoms with Gasteiger partial charge in [0.05, 0.1) is 0 Å². The second-order valence-corrected chi connectivity index (χ2v) is 6.28. The van der Waals surface area contributed by atoms with E-state index in [1.807, 2.05) is 40.1 Å². The molecule has 0 saturated carbocycles. The molecule has 2 saturated heterocycles. The van der Waals surface area contributed by atoms with Gasteiger partial charge < -0.3 is 9.80 Å². The number of carbonyl (C=O) groups is 2. The first-order valence-electron chi connectivity index (χ1n) is 8.38. The normalized spacial score (nSPS) is 17.8. The molecule has 2 aromatic rings. The topological polar surface area (TPSA) is 53.5 Å². The Morgan fingerprint density at radius 1 is 0.833 bits per heavy atom. The molecule has 2 aliphatic heterocycles. The van der Waals surface area contributed by atoms with Gasteiger partial charge in [-0.1, -0.05) is 6.07 Å². The number of anilines is 2. The summed E-state index contributed by atoms with van der Waals surface area (Å²) in [7, 11) is 0. The molecule has 5 heteroatoms. The van der Waals surface area contributed by atoms with Crippen molar-refractivity contribution in [1.29, 1.82) is 0 Å². The van der Waals surface area contributed by atoms with Crippen molar-refractivity contribution in [3.8, 4) is 11.1 Å². The van der Waals surface area contributed by atoms with Gasteiger partial charge in [0.25, 0.3) is 0 Å². The van der Waals surface area contributed by atoms with Crippen LogP contribution in [0.4, 0.5) is 11.4 Å². The summed E-state index contributed by atoms with van der Waals surface area (Å²) in [4.78, 5) is 32.1. The summed E-state index contributed by atoms with van der Waals surface area (Å²) >= 11 is 0. The Morgan fingerprint density at radius 2 is 1.46 bits per heavy atom. The molecule has 5 nitrogen and oxygen atoms in total. The summed E-state index contributed by atoms with van der Waals surface area (Å²) in [5.74, 6) is 0.300. The van der Waals surface area contributed by atoms with Crippen LogP contribution in [0.3, 0.4) is 0 Å². The van der Waals surface area contributed by atoms with Gasteiger partial charge in [-0.15, -0.1) is 0 Å². The molecule has 0 N–H and O–H groups in total. The van der Waals surface area contributed by atoms with Crippen molar-refractivity contribution in [1.82, 2.24) is 4.98 Å². The lowest BCUT2D eigenvalue weighted by atomic mass is 10.0. The lowest BCUT2D eigenvalue weighted by Crippen LogP contribution is -2.26. The molecule has 0 radical (unpaired) electrons. The van der Waals surface area contributed by atoms with E-state index in [2.05, 4.69) is 4.98 Å². The fourth-order valence-corrected chi connectivity index (χ4v) is 3.45. The Morgan fingerprint density at radius 3 is 1.92 bits per heavy atom. The standard InChI is InChI=1S/C19H19N3O2/c23-18-5-2-8-21(18)16-10-15(14-4-1-7-20-13-14)11-17(12-16)22-9-3-6-19(22)24/h1,4,7,10-13H,2-3,5-6,8-9H2. The van der Waals surface area contributed by atoms with Crippen LogP contribution in [0.25, 0.3) is 11.1 Å². The summed E-state index contributed by atoms with van der Waals surface area (Å²) in [6.07, 6.45) is 6.49. The monoisotopic (exact) mass is 321 g/mol. The van der Waals surface area contributed by atoms with E-state index in [1.54, 1.807) is 12.4 Å². The van der Waals surface area contributed by atoms with Crippen LogP contribution in [0.5, 0.6) is 0 Å². The third-order valence-corrected chi connectivity index (χ3v) is 4.67. The number of hydrogen-bond acceptors (Lipinski definition) is 3. The first-order valence-corrected chi connectivity index (χ1v) is 8.38. The maximum atomic E-state index is 12.2. The SMILES string of the molecule is O=C1CCCN1c1cc(-c2cccnc2)cc(N2CCCC2=O)c1. The van der Waals surface area contributed by atoms with Gasteiger partial charge in [-0.2, -0.15) is 0 Å². The van der Waals surface area contributed by atoms with Crippen molar-refractivity contribution in [2.45, 2.75) is 25.7 Å². The van der Waals surface area contributed by atoms with Gasteiger partial charge in [0.15, 0.2) is 0 Å². The average Bonchev–Trinajstić information content (AvgIpc) is 3.23. The second kappa shape index (κ2) is 6.07. The van der Waals surface area contributed by atoms with Crippen molar-refractivity contribution in [3.05, 3.63) is 42.7 Å². The van der Waals surface area contributed by atoms with Crippen molar-refractivity contribution >= 4 is 23.2 Å². The van der Waals surface area contributed by atoms with Gasteiger partial charge in [-0.05, 0) is 42.7 Å². The molecule has 1 aromatic heterocycles. The van der Waals surface area contributed by atoms with Crippen LogP contribution >= 0.6 is 0 Å². The Hall–Kier alpha value is -2.69. The Labute approximate surface area is 140 Å². The summed E-state index contributed by atoms with van der Waals surface area (Å²) in [6.45, 7) is 1.48. The van der Waals surface area contributed by atoms with Crippen molar-refractivity contribution in [2.24, 2.45) is 0 Å². The third kappa shape index (κ3) is 2.66. The highest BCUT2D eigenvalue weighted by Crippen LogP contribution is 2.34. The zero-order valence-electron chi connectivity index (χ0n) is 13.4. The van der Waals surface area contributed by atoms with E-state index in [0.29, 0.717) is 12.8 Å². The third-order valence-electron chi connectivity index (χ3n) is 4.67. The predicted octanol–water partition coefficient (Wildman–Crippen LogP) is 3.00. The molecule has 1 aromatic carbocycles. The number of benzene rings is 1. The first kappa shape index (κ1) is 14.9. The lowest BCUT2D eigenvalue weighted by molar-refractivity contribution is -0.117. The number of amides is 2.